The molecule has 1 aromatic heterocycles. The van der Waals surface area contributed by atoms with Crippen molar-refractivity contribution in [3.05, 3.63) is 23.5 Å². The van der Waals surface area contributed by atoms with Gasteiger partial charge in [-0.25, -0.2) is 9.98 Å². The lowest BCUT2D eigenvalue weighted by molar-refractivity contribution is 0.0241. The van der Waals surface area contributed by atoms with Crippen LogP contribution in [0.25, 0.3) is 0 Å². The lowest BCUT2D eigenvalue weighted by atomic mass is 10.0. The summed E-state index contributed by atoms with van der Waals surface area (Å²) in [5.41, 5.74) is 7.99. The Bertz CT molecular complexity index is 533. The van der Waals surface area contributed by atoms with Crippen LogP contribution < -0.4 is 5.73 Å². The predicted octanol–water partition coefficient (Wildman–Crippen LogP) is 0.286. The molecule has 1 unspecified atom stereocenters. The Balaban J connectivity index is 2.12. The summed E-state index contributed by atoms with van der Waals surface area (Å²) in [5, 5.41) is 8.87. The molecule has 2 aliphatic rings. The van der Waals surface area contributed by atoms with E-state index < -0.39 is 0 Å². The smallest absolute Gasteiger partial charge is 0.197 e. The topological polar surface area (TPSA) is 87.5 Å². The van der Waals surface area contributed by atoms with E-state index in [-0.39, 0.29) is 6.04 Å². The van der Waals surface area contributed by atoms with E-state index in [0.29, 0.717) is 24.9 Å². The van der Waals surface area contributed by atoms with Crippen LogP contribution in [0.15, 0.2) is 17.3 Å². The fourth-order valence-electron chi connectivity index (χ4n) is 2.21. The van der Waals surface area contributed by atoms with Crippen LogP contribution in [0, 0.1) is 11.3 Å². The number of aliphatic imine (C=N–C) groups is 1. The van der Waals surface area contributed by atoms with Gasteiger partial charge < -0.3 is 15.4 Å². The van der Waals surface area contributed by atoms with E-state index in [1.807, 2.05) is 11.0 Å². The molecule has 6 nitrogen and oxygen atoms in total. The monoisotopic (exact) mass is 229 g/mol. The third-order valence-corrected chi connectivity index (χ3v) is 3.05. The molecule has 1 atom stereocenters. The number of morpholine rings is 1. The van der Waals surface area contributed by atoms with Crippen LogP contribution in [-0.2, 0) is 4.74 Å². The Hall–Kier alpha value is -2.13. The summed E-state index contributed by atoms with van der Waals surface area (Å²) >= 11 is 0. The van der Waals surface area contributed by atoms with Crippen molar-refractivity contribution in [2.45, 2.75) is 6.04 Å². The van der Waals surface area contributed by atoms with Crippen LogP contribution >= 0.6 is 0 Å². The number of nitrogens with two attached hydrogens (primary N) is 1. The van der Waals surface area contributed by atoms with Crippen LogP contribution in [0.3, 0.4) is 0 Å². The van der Waals surface area contributed by atoms with Crippen LogP contribution in [0.4, 0.5) is 5.69 Å². The Morgan fingerprint density at radius 1 is 1.59 bits per heavy atom. The molecular formula is C11H11N5O. The fourth-order valence-corrected chi connectivity index (χ4v) is 2.21. The van der Waals surface area contributed by atoms with Gasteiger partial charge in [0.1, 0.15) is 11.8 Å². The summed E-state index contributed by atoms with van der Waals surface area (Å²) in [6.45, 7) is 1.94. The molecule has 86 valence electrons. The van der Waals surface area contributed by atoms with Gasteiger partial charge in [-0.2, -0.15) is 5.26 Å². The summed E-state index contributed by atoms with van der Waals surface area (Å²) in [7, 11) is 0. The van der Waals surface area contributed by atoms with Gasteiger partial charge in [-0.3, -0.25) is 0 Å². The molecule has 6 heteroatoms. The van der Waals surface area contributed by atoms with Crippen molar-refractivity contribution in [1.82, 2.24) is 9.88 Å². The van der Waals surface area contributed by atoms with Gasteiger partial charge in [0.05, 0.1) is 31.1 Å². The molecule has 0 radical (unpaired) electrons. The molecule has 0 spiro atoms. The van der Waals surface area contributed by atoms with Crippen LogP contribution in [-0.4, -0.2) is 35.6 Å². The average Bonchev–Trinajstić information content (AvgIpc) is 2.39. The highest BCUT2D eigenvalue weighted by molar-refractivity contribution is 5.84. The molecule has 0 bridgehead atoms. The molecule has 17 heavy (non-hydrogen) atoms. The van der Waals surface area contributed by atoms with Crippen molar-refractivity contribution < 1.29 is 4.74 Å². The number of pyridine rings is 1. The van der Waals surface area contributed by atoms with Gasteiger partial charge in [-0.05, 0) is 6.07 Å². The predicted molar refractivity (Wildman–Crippen MR) is 60.5 cm³/mol. The number of fused-ring (bicyclic) bond motifs is 3. The van der Waals surface area contributed by atoms with Gasteiger partial charge in [-0.1, -0.05) is 0 Å². The molecule has 1 fully saturated rings. The summed E-state index contributed by atoms with van der Waals surface area (Å²) in [5.74, 6) is 0.498. The van der Waals surface area contributed by atoms with Crippen LogP contribution in [0.5, 0.6) is 0 Å². The summed E-state index contributed by atoms with van der Waals surface area (Å²) in [4.78, 5) is 10.3. The number of nitrogens with zero attached hydrogens (tertiary/aromatic N) is 4. The first-order valence-electron chi connectivity index (χ1n) is 5.38. The van der Waals surface area contributed by atoms with E-state index in [1.54, 1.807) is 12.3 Å². The molecule has 0 aliphatic carbocycles. The largest absolute Gasteiger partial charge is 0.377 e. The van der Waals surface area contributed by atoms with E-state index in [0.717, 1.165) is 17.8 Å². The van der Waals surface area contributed by atoms with E-state index in [1.165, 1.54) is 0 Å². The summed E-state index contributed by atoms with van der Waals surface area (Å²) in [6, 6.07) is 3.84. The molecular weight excluding hydrogens is 218 g/mol. The van der Waals surface area contributed by atoms with Crippen molar-refractivity contribution in [2.24, 2.45) is 10.7 Å². The third kappa shape index (κ3) is 1.52. The zero-order chi connectivity index (χ0) is 11.8. The second kappa shape index (κ2) is 3.71. The van der Waals surface area contributed by atoms with Gasteiger partial charge in [0.15, 0.2) is 5.96 Å². The van der Waals surface area contributed by atoms with Gasteiger partial charge >= 0.3 is 0 Å². The first kappa shape index (κ1) is 10.1. The molecule has 2 aliphatic heterocycles. The van der Waals surface area contributed by atoms with Crippen molar-refractivity contribution in [2.75, 3.05) is 19.8 Å². The zero-order valence-corrected chi connectivity index (χ0v) is 9.13. The van der Waals surface area contributed by atoms with Crippen molar-refractivity contribution in [3.8, 4) is 6.07 Å². The van der Waals surface area contributed by atoms with E-state index in [2.05, 4.69) is 9.98 Å². The van der Waals surface area contributed by atoms with Gasteiger partial charge in [0, 0.05) is 12.1 Å². The standard InChI is InChI=1S/C11H11N5O/c12-4-7-3-8-9(5-14-7)15-11(13)16-1-2-17-6-10(8)16/h3,5,10H,1-2,6H2,(H2,13,15). The molecule has 0 aromatic carbocycles. The van der Waals surface area contributed by atoms with Crippen LogP contribution in [0.2, 0.25) is 0 Å². The first-order chi connectivity index (χ1) is 8.29. The minimum atomic E-state index is 0.0475. The molecule has 1 saturated heterocycles. The minimum Gasteiger partial charge on any atom is -0.377 e. The normalized spacial score (nSPS) is 22.2. The number of rotatable bonds is 0. The van der Waals surface area contributed by atoms with E-state index in [9.17, 15) is 0 Å². The maximum Gasteiger partial charge on any atom is 0.197 e. The van der Waals surface area contributed by atoms with E-state index >= 15 is 0 Å². The first-order valence-corrected chi connectivity index (χ1v) is 5.38. The number of hydrogen-bond donors (Lipinski definition) is 1. The Kier molecular flexibility index (Phi) is 2.20. The molecule has 2 N–H and O–H groups in total. The molecule has 3 heterocycles. The Morgan fingerprint density at radius 2 is 2.47 bits per heavy atom. The second-order valence-corrected chi connectivity index (χ2v) is 3.99. The molecule has 3 rings (SSSR count). The molecule has 0 saturated carbocycles. The zero-order valence-electron chi connectivity index (χ0n) is 9.13. The SMILES string of the molecule is N#Cc1cc2c(cn1)N=C(N)N1CCOCC21. The maximum absolute atomic E-state index is 8.87. The van der Waals surface area contributed by atoms with Crippen molar-refractivity contribution in [3.63, 3.8) is 0 Å². The highest BCUT2D eigenvalue weighted by Crippen LogP contribution is 2.35. The van der Waals surface area contributed by atoms with Crippen LogP contribution in [0.1, 0.15) is 17.3 Å². The lowest BCUT2D eigenvalue weighted by Crippen LogP contribution is -2.48. The number of ether oxygens (including phenoxy) is 1. The minimum absolute atomic E-state index is 0.0475. The number of nitriles is 1. The quantitative estimate of drug-likeness (QED) is 0.690. The van der Waals surface area contributed by atoms with Gasteiger partial charge in [0.25, 0.3) is 0 Å². The molecule has 0 amide bonds. The van der Waals surface area contributed by atoms with Gasteiger partial charge in [0.2, 0.25) is 0 Å². The van der Waals surface area contributed by atoms with E-state index in [4.69, 9.17) is 15.7 Å². The Labute approximate surface area is 98.3 Å². The number of guanidine groups is 1. The maximum atomic E-state index is 8.87. The summed E-state index contributed by atoms with van der Waals surface area (Å²) < 4.78 is 5.46. The number of hydrogen-bond acceptors (Lipinski definition) is 6. The number of aromatic nitrogens is 1. The van der Waals surface area contributed by atoms with Crippen molar-refractivity contribution >= 4 is 11.6 Å². The Morgan fingerprint density at radius 3 is 3.29 bits per heavy atom. The van der Waals surface area contributed by atoms with Gasteiger partial charge in [-0.15, -0.1) is 0 Å². The highest BCUT2D eigenvalue weighted by atomic mass is 16.5. The second-order valence-electron chi connectivity index (χ2n) is 3.99. The molecule has 1 aromatic rings. The summed E-state index contributed by atoms with van der Waals surface area (Å²) in [6.07, 6.45) is 1.59. The fraction of sp³-hybridized carbons (Fsp3) is 0.364. The lowest BCUT2D eigenvalue weighted by Gasteiger charge is -2.39. The highest BCUT2D eigenvalue weighted by Gasteiger charge is 2.31. The average molecular weight is 229 g/mol. The third-order valence-electron chi connectivity index (χ3n) is 3.05. The van der Waals surface area contributed by atoms with Crippen molar-refractivity contribution in [1.29, 1.82) is 5.26 Å².